The van der Waals surface area contributed by atoms with Crippen molar-refractivity contribution in [2.75, 3.05) is 0 Å². The number of rotatable bonds is 4. The number of aryl methyl sites for hydroxylation is 4. The molecule has 0 N–H and O–H groups in total. The average Bonchev–Trinajstić information content (AvgIpc) is 3.62. The molecular formula is C46H34F3N3. The van der Waals surface area contributed by atoms with Crippen LogP contribution in [-0.2, 0) is 6.18 Å². The first-order valence-corrected chi connectivity index (χ1v) is 17.4. The Bertz CT molecular complexity index is 2760. The van der Waals surface area contributed by atoms with E-state index in [4.69, 9.17) is 4.98 Å². The van der Waals surface area contributed by atoms with Crippen LogP contribution >= 0.6 is 0 Å². The van der Waals surface area contributed by atoms with Crippen molar-refractivity contribution in [2.45, 2.75) is 33.9 Å². The molecule has 254 valence electrons. The highest BCUT2D eigenvalue weighted by Gasteiger charge is 2.36. The van der Waals surface area contributed by atoms with Gasteiger partial charge in [0.05, 0.1) is 50.4 Å². The summed E-state index contributed by atoms with van der Waals surface area (Å²) < 4.78 is 50.7. The molecule has 0 saturated carbocycles. The summed E-state index contributed by atoms with van der Waals surface area (Å²) in [5.74, 6) is 0. The van der Waals surface area contributed by atoms with Gasteiger partial charge in [-0.05, 0) is 100 Å². The molecule has 0 radical (unpaired) electrons. The van der Waals surface area contributed by atoms with Gasteiger partial charge in [0, 0.05) is 32.7 Å². The zero-order valence-electron chi connectivity index (χ0n) is 29.2. The lowest BCUT2D eigenvalue weighted by molar-refractivity contribution is -0.137. The second-order valence-corrected chi connectivity index (χ2v) is 13.9. The van der Waals surface area contributed by atoms with Gasteiger partial charge in [-0.15, -0.1) is 0 Å². The highest BCUT2D eigenvalue weighted by molar-refractivity contribution is 6.12. The quantitative estimate of drug-likeness (QED) is 0.181. The fourth-order valence-electron chi connectivity index (χ4n) is 7.76. The van der Waals surface area contributed by atoms with Crippen molar-refractivity contribution in [2.24, 2.45) is 0 Å². The van der Waals surface area contributed by atoms with Crippen molar-refractivity contribution in [3.63, 3.8) is 0 Å². The van der Waals surface area contributed by atoms with Crippen molar-refractivity contribution in [1.82, 2.24) is 14.1 Å². The number of nitrogens with zero attached hydrogens (tertiary/aromatic N) is 3. The maximum absolute atomic E-state index is 15.5. The van der Waals surface area contributed by atoms with Crippen LogP contribution in [0.3, 0.4) is 0 Å². The first kappa shape index (κ1) is 31.8. The number of halogens is 3. The van der Waals surface area contributed by atoms with Crippen LogP contribution < -0.4 is 0 Å². The zero-order valence-corrected chi connectivity index (χ0v) is 29.2. The number of pyridine rings is 1. The molecule has 0 atom stereocenters. The van der Waals surface area contributed by atoms with Crippen LogP contribution in [0.4, 0.5) is 13.2 Å². The van der Waals surface area contributed by atoms with Crippen molar-refractivity contribution < 1.29 is 13.2 Å². The topological polar surface area (TPSA) is 22.8 Å². The minimum Gasteiger partial charge on any atom is -0.307 e. The van der Waals surface area contributed by atoms with Crippen molar-refractivity contribution in [3.05, 3.63) is 161 Å². The summed E-state index contributed by atoms with van der Waals surface area (Å²) in [6.07, 6.45) is -4.67. The number of hydrogen-bond acceptors (Lipinski definition) is 1. The molecule has 9 aromatic rings. The summed E-state index contributed by atoms with van der Waals surface area (Å²) in [5, 5.41) is 4.08. The van der Waals surface area contributed by atoms with Crippen LogP contribution in [0, 0.1) is 27.7 Å². The van der Waals surface area contributed by atoms with E-state index in [0.29, 0.717) is 17.1 Å². The zero-order chi connectivity index (χ0) is 35.9. The molecule has 3 aromatic heterocycles. The van der Waals surface area contributed by atoms with Crippen LogP contribution in [0.15, 0.2) is 133 Å². The molecule has 9 rings (SSSR count). The molecule has 0 amide bonds. The van der Waals surface area contributed by atoms with E-state index < -0.39 is 11.7 Å². The van der Waals surface area contributed by atoms with Gasteiger partial charge in [0.25, 0.3) is 0 Å². The van der Waals surface area contributed by atoms with E-state index in [1.54, 1.807) is 18.2 Å². The number of hydrogen-bond donors (Lipinski definition) is 0. The maximum Gasteiger partial charge on any atom is 0.417 e. The van der Waals surface area contributed by atoms with Gasteiger partial charge < -0.3 is 9.13 Å². The third-order valence-corrected chi connectivity index (χ3v) is 10.1. The molecule has 3 nitrogen and oxygen atoms in total. The largest absolute Gasteiger partial charge is 0.417 e. The van der Waals surface area contributed by atoms with Gasteiger partial charge in [0.2, 0.25) is 0 Å². The summed E-state index contributed by atoms with van der Waals surface area (Å²) in [4.78, 5) is 4.85. The van der Waals surface area contributed by atoms with E-state index in [0.717, 1.165) is 71.4 Å². The Morgan fingerprint density at radius 1 is 0.442 bits per heavy atom. The van der Waals surface area contributed by atoms with Gasteiger partial charge in [0.1, 0.15) is 0 Å². The van der Waals surface area contributed by atoms with Gasteiger partial charge in [0.15, 0.2) is 0 Å². The molecule has 0 spiro atoms. The predicted molar refractivity (Wildman–Crippen MR) is 208 cm³/mol. The predicted octanol–water partition coefficient (Wildman–Crippen LogP) is 12.9. The Hall–Kier alpha value is -6.14. The molecule has 0 bridgehead atoms. The molecule has 0 aliphatic carbocycles. The van der Waals surface area contributed by atoms with Gasteiger partial charge in [-0.2, -0.15) is 13.2 Å². The fourth-order valence-corrected chi connectivity index (χ4v) is 7.76. The molecule has 0 aliphatic heterocycles. The minimum atomic E-state index is -4.67. The van der Waals surface area contributed by atoms with Crippen LogP contribution in [0.1, 0.15) is 27.8 Å². The summed E-state index contributed by atoms with van der Waals surface area (Å²) in [5.41, 5.74) is 9.90. The standard InChI is InChI=1S/C46H34F3N3/c1-27-13-17-40-32(21-27)33-22-28(2)14-18-41(33)51(40)44-25-36(39-12-8-11-38(50-39)31-9-6-5-7-10-31)37(46(47,48)49)26-45(44)52-42-19-15-29(3)23-34(42)35-24-30(4)16-20-43(35)52/h5-26H,1-4H3. The number of fused-ring (bicyclic) bond motifs is 6. The monoisotopic (exact) mass is 685 g/mol. The van der Waals surface area contributed by atoms with E-state index >= 15 is 13.2 Å². The van der Waals surface area contributed by atoms with Gasteiger partial charge >= 0.3 is 6.18 Å². The Morgan fingerprint density at radius 3 is 1.31 bits per heavy atom. The first-order chi connectivity index (χ1) is 25.0. The molecule has 6 aromatic carbocycles. The Balaban J connectivity index is 1.47. The van der Waals surface area contributed by atoms with E-state index in [-0.39, 0.29) is 11.3 Å². The Kier molecular flexibility index (Phi) is 7.16. The van der Waals surface area contributed by atoms with Gasteiger partial charge in [-0.25, -0.2) is 4.98 Å². The second kappa shape index (κ2) is 11.7. The molecular weight excluding hydrogens is 652 g/mol. The Labute approximate surface area is 299 Å². The molecule has 0 fully saturated rings. The maximum atomic E-state index is 15.5. The van der Waals surface area contributed by atoms with E-state index in [2.05, 4.69) is 66.9 Å². The van der Waals surface area contributed by atoms with Crippen LogP contribution in [0.2, 0.25) is 0 Å². The highest BCUT2D eigenvalue weighted by Crippen LogP contribution is 2.45. The van der Waals surface area contributed by atoms with Crippen molar-refractivity contribution in [3.8, 4) is 33.9 Å². The lowest BCUT2D eigenvalue weighted by Crippen LogP contribution is -2.12. The lowest BCUT2D eigenvalue weighted by Gasteiger charge is -2.22. The van der Waals surface area contributed by atoms with Gasteiger partial charge in [-0.1, -0.05) is 82.9 Å². The smallest absolute Gasteiger partial charge is 0.307 e. The SMILES string of the molecule is Cc1ccc2c(c1)c1cc(C)ccc1n2-c1cc(-c2cccc(-c3ccccc3)n2)c(C(F)(F)F)cc1-n1c2ccc(C)cc2c2cc(C)ccc21. The number of benzene rings is 6. The average molecular weight is 686 g/mol. The van der Waals surface area contributed by atoms with Crippen molar-refractivity contribution >= 4 is 43.6 Å². The first-order valence-electron chi connectivity index (χ1n) is 17.4. The Morgan fingerprint density at radius 2 is 0.865 bits per heavy atom. The summed E-state index contributed by atoms with van der Waals surface area (Å²) in [6, 6.07) is 42.8. The summed E-state index contributed by atoms with van der Waals surface area (Å²) >= 11 is 0. The minimum absolute atomic E-state index is 0.0192. The molecule has 52 heavy (non-hydrogen) atoms. The molecule has 0 saturated heterocycles. The molecule has 3 heterocycles. The van der Waals surface area contributed by atoms with E-state index in [1.807, 2.05) is 79.1 Å². The van der Waals surface area contributed by atoms with Crippen molar-refractivity contribution in [1.29, 1.82) is 0 Å². The lowest BCUT2D eigenvalue weighted by atomic mass is 9.99. The third-order valence-electron chi connectivity index (χ3n) is 10.1. The normalized spacial score (nSPS) is 12.1. The fraction of sp³-hybridized carbons (Fsp3) is 0.109. The molecule has 0 aliphatic rings. The van der Waals surface area contributed by atoms with E-state index in [1.165, 1.54) is 6.07 Å². The molecule has 6 heteroatoms. The van der Waals surface area contributed by atoms with E-state index in [9.17, 15) is 0 Å². The summed E-state index contributed by atoms with van der Waals surface area (Å²) in [7, 11) is 0. The third kappa shape index (κ3) is 5.09. The van der Waals surface area contributed by atoms with Gasteiger partial charge in [-0.3, -0.25) is 0 Å². The number of aromatic nitrogens is 3. The van der Waals surface area contributed by atoms with Crippen LogP contribution in [0.5, 0.6) is 0 Å². The highest BCUT2D eigenvalue weighted by atomic mass is 19.4. The summed E-state index contributed by atoms with van der Waals surface area (Å²) in [6.45, 7) is 8.21. The van der Waals surface area contributed by atoms with Crippen LogP contribution in [0.25, 0.3) is 77.5 Å². The second-order valence-electron chi connectivity index (χ2n) is 13.9. The van der Waals surface area contributed by atoms with Crippen LogP contribution in [-0.4, -0.2) is 14.1 Å². The molecule has 0 unspecified atom stereocenters. The number of alkyl halides is 3.